The van der Waals surface area contributed by atoms with E-state index >= 15 is 0 Å². The maximum atomic E-state index is 12.0. The molecule has 2 rings (SSSR count). The fraction of sp³-hybridized carbons (Fsp3) is 0.286. The van der Waals surface area contributed by atoms with Gasteiger partial charge in [0.05, 0.1) is 11.6 Å². The number of hydrogen-bond acceptors (Lipinski definition) is 3. The van der Waals surface area contributed by atoms with Crippen molar-refractivity contribution in [2.24, 2.45) is 0 Å². The van der Waals surface area contributed by atoms with Gasteiger partial charge in [0.1, 0.15) is 18.7 Å². The molecule has 0 saturated heterocycles. The summed E-state index contributed by atoms with van der Waals surface area (Å²) in [7, 11) is 1.68. The number of ether oxygens (including phenoxy) is 1. The second-order valence-corrected chi connectivity index (χ2v) is 5.92. The zero-order valence-electron chi connectivity index (χ0n) is 11.8. The van der Waals surface area contributed by atoms with Crippen molar-refractivity contribution in [1.29, 1.82) is 0 Å². The van der Waals surface area contributed by atoms with Gasteiger partial charge in [-0.1, -0.05) is 34.8 Å². The topological polar surface area (TPSA) is 47.4 Å². The lowest BCUT2D eigenvalue weighted by Crippen LogP contribution is -2.33. The molecule has 118 valence electrons. The molecule has 1 aromatic rings. The molecule has 1 amide bonds. The number of halogens is 3. The van der Waals surface area contributed by atoms with Crippen LogP contribution in [-0.4, -0.2) is 40.7 Å². The summed E-state index contributed by atoms with van der Waals surface area (Å²) < 4.78 is 7.02. The van der Waals surface area contributed by atoms with E-state index in [1.54, 1.807) is 31.6 Å². The summed E-state index contributed by atoms with van der Waals surface area (Å²) in [6.07, 6.45) is 8.14. The number of carbonyl (C=O) groups excluding carboxylic acids is 1. The van der Waals surface area contributed by atoms with Crippen molar-refractivity contribution >= 4 is 40.8 Å². The van der Waals surface area contributed by atoms with Crippen LogP contribution in [0.25, 0.3) is 0 Å². The highest BCUT2D eigenvalue weighted by Gasteiger charge is 2.14. The standard InChI is InChI=1S/C14H14Cl3N3O2/c1-19(14(21)20-3-2-18-9-20)4-5-22-13-8-11(16)6-10(15)7-12(13)17/h2-3,6-7,9H,4-5,8H2,1H3. The molecule has 0 saturated carbocycles. The van der Waals surface area contributed by atoms with E-state index in [0.29, 0.717) is 33.8 Å². The van der Waals surface area contributed by atoms with Gasteiger partial charge in [0.25, 0.3) is 0 Å². The number of rotatable bonds is 4. The zero-order valence-corrected chi connectivity index (χ0v) is 14.1. The van der Waals surface area contributed by atoms with E-state index in [4.69, 9.17) is 39.5 Å². The Morgan fingerprint density at radius 2 is 2.18 bits per heavy atom. The van der Waals surface area contributed by atoms with Gasteiger partial charge >= 0.3 is 6.03 Å². The molecule has 0 spiro atoms. The first-order chi connectivity index (χ1) is 10.5. The van der Waals surface area contributed by atoms with Crippen molar-refractivity contribution in [3.05, 3.63) is 51.7 Å². The Labute approximate surface area is 143 Å². The summed E-state index contributed by atoms with van der Waals surface area (Å²) >= 11 is 18.1. The molecule has 22 heavy (non-hydrogen) atoms. The predicted octanol–water partition coefficient (Wildman–Crippen LogP) is 3.90. The lowest BCUT2D eigenvalue weighted by molar-refractivity contribution is 0.165. The van der Waals surface area contributed by atoms with Gasteiger partial charge in [-0.2, -0.15) is 0 Å². The lowest BCUT2D eigenvalue weighted by atomic mass is 10.3. The number of likely N-dealkylation sites (N-methyl/N-ethyl adjacent to an activating group) is 1. The first-order valence-corrected chi connectivity index (χ1v) is 7.59. The summed E-state index contributed by atoms with van der Waals surface area (Å²) in [4.78, 5) is 17.4. The zero-order chi connectivity index (χ0) is 16.1. The van der Waals surface area contributed by atoms with Crippen LogP contribution in [-0.2, 0) is 4.74 Å². The van der Waals surface area contributed by atoms with Crippen LogP contribution in [0, 0.1) is 0 Å². The SMILES string of the molecule is CN(CCOC1=C(Cl)C=C(Cl)C=C(Cl)C1)C(=O)n1ccnc1. The number of allylic oxidation sites excluding steroid dienone is 5. The fourth-order valence-electron chi connectivity index (χ4n) is 1.77. The summed E-state index contributed by atoms with van der Waals surface area (Å²) in [6.45, 7) is 0.682. The second kappa shape index (κ2) is 7.72. The summed E-state index contributed by atoms with van der Waals surface area (Å²) in [5, 5.41) is 1.39. The van der Waals surface area contributed by atoms with Crippen LogP contribution in [0.2, 0.25) is 0 Å². The van der Waals surface area contributed by atoms with Gasteiger partial charge in [-0.3, -0.25) is 4.57 Å². The van der Waals surface area contributed by atoms with Crippen LogP contribution >= 0.6 is 34.8 Å². The molecular weight excluding hydrogens is 349 g/mol. The van der Waals surface area contributed by atoms with Crippen molar-refractivity contribution in [3.8, 4) is 0 Å². The van der Waals surface area contributed by atoms with Gasteiger partial charge in [-0.15, -0.1) is 0 Å². The first kappa shape index (κ1) is 16.9. The Bertz CT molecular complexity index is 636. The minimum Gasteiger partial charge on any atom is -0.494 e. The van der Waals surface area contributed by atoms with Crippen LogP contribution in [0.15, 0.2) is 51.7 Å². The molecule has 1 aromatic heterocycles. The molecule has 0 aliphatic heterocycles. The summed E-state index contributed by atoms with van der Waals surface area (Å²) in [5.74, 6) is 0.530. The van der Waals surface area contributed by atoms with Crippen molar-refractivity contribution in [2.75, 3.05) is 20.2 Å². The molecule has 5 nitrogen and oxygen atoms in total. The Morgan fingerprint density at radius 1 is 1.41 bits per heavy atom. The average Bonchev–Trinajstić information content (AvgIpc) is 2.94. The van der Waals surface area contributed by atoms with Crippen LogP contribution < -0.4 is 0 Å². The monoisotopic (exact) mass is 361 g/mol. The van der Waals surface area contributed by atoms with Crippen LogP contribution in [0.3, 0.4) is 0 Å². The Morgan fingerprint density at radius 3 is 2.86 bits per heavy atom. The van der Waals surface area contributed by atoms with E-state index in [9.17, 15) is 4.79 Å². The molecule has 0 aromatic carbocycles. The fourth-order valence-corrected chi connectivity index (χ4v) is 2.60. The van der Waals surface area contributed by atoms with E-state index < -0.39 is 0 Å². The summed E-state index contributed by atoms with van der Waals surface area (Å²) in [6, 6.07) is -0.192. The van der Waals surface area contributed by atoms with Crippen molar-refractivity contribution < 1.29 is 9.53 Å². The molecule has 1 aliphatic rings. The number of aromatic nitrogens is 2. The molecule has 0 atom stereocenters. The molecule has 0 radical (unpaired) electrons. The summed E-state index contributed by atoms with van der Waals surface area (Å²) in [5.41, 5.74) is 0. The lowest BCUT2D eigenvalue weighted by Gasteiger charge is -2.18. The van der Waals surface area contributed by atoms with E-state index in [1.807, 2.05) is 0 Å². The third-order valence-electron chi connectivity index (χ3n) is 2.91. The average molecular weight is 363 g/mol. The third kappa shape index (κ3) is 4.53. The molecule has 8 heteroatoms. The highest BCUT2D eigenvalue weighted by atomic mass is 35.5. The highest BCUT2D eigenvalue weighted by molar-refractivity contribution is 6.37. The number of imidazole rings is 1. The molecule has 0 N–H and O–H groups in total. The number of amides is 1. The van der Waals surface area contributed by atoms with Gasteiger partial charge in [0, 0.05) is 35.9 Å². The number of nitrogens with zero attached hydrogens (tertiary/aromatic N) is 3. The van der Waals surface area contributed by atoms with Crippen LogP contribution in [0.4, 0.5) is 4.79 Å². The van der Waals surface area contributed by atoms with Crippen molar-refractivity contribution in [2.45, 2.75) is 6.42 Å². The first-order valence-electron chi connectivity index (χ1n) is 6.45. The highest BCUT2D eigenvalue weighted by Crippen LogP contribution is 2.29. The smallest absolute Gasteiger partial charge is 0.329 e. The van der Waals surface area contributed by atoms with Crippen LogP contribution in [0.1, 0.15) is 6.42 Å². The quantitative estimate of drug-likeness (QED) is 0.816. The van der Waals surface area contributed by atoms with Gasteiger partial charge in [0.15, 0.2) is 0 Å². The van der Waals surface area contributed by atoms with E-state index in [0.717, 1.165) is 0 Å². The second-order valence-electron chi connectivity index (χ2n) is 4.59. The van der Waals surface area contributed by atoms with Gasteiger partial charge in [0.2, 0.25) is 0 Å². The maximum Gasteiger partial charge on any atom is 0.329 e. The molecule has 0 fully saturated rings. The Hall–Kier alpha value is -1.43. The minimum atomic E-state index is -0.192. The minimum absolute atomic E-state index is 0.192. The molecule has 1 aliphatic carbocycles. The van der Waals surface area contributed by atoms with E-state index in [2.05, 4.69) is 4.98 Å². The number of carbonyl (C=O) groups is 1. The van der Waals surface area contributed by atoms with E-state index in [-0.39, 0.29) is 12.6 Å². The largest absolute Gasteiger partial charge is 0.494 e. The van der Waals surface area contributed by atoms with E-state index in [1.165, 1.54) is 15.8 Å². The molecule has 0 bridgehead atoms. The van der Waals surface area contributed by atoms with Crippen LogP contribution in [0.5, 0.6) is 0 Å². The number of hydrogen-bond donors (Lipinski definition) is 0. The molecular formula is C14H14Cl3N3O2. The van der Waals surface area contributed by atoms with Gasteiger partial charge < -0.3 is 9.64 Å². The Kier molecular flexibility index (Phi) is 5.94. The predicted molar refractivity (Wildman–Crippen MR) is 87.0 cm³/mol. The van der Waals surface area contributed by atoms with Crippen molar-refractivity contribution in [1.82, 2.24) is 14.5 Å². The van der Waals surface area contributed by atoms with Gasteiger partial charge in [-0.05, 0) is 12.2 Å². The normalized spacial score (nSPS) is 15.1. The van der Waals surface area contributed by atoms with Gasteiger partial charge in [-0.25, -0.2) is 9.78 Å². The maximum absolute atomic E-state index is 12.0. The molecule has 1 heterocycles. The third-order valence-corrected chi connectivity index (χ3v) is 3.69. The Balaban J connectivity index is 1.89. The molecule has 0 unspecified atom stereocenters. The van der Waals surface area contributed by atoms with Crippen molar-refractivity contribution in [3.63, 3.8) is 0 Å².